The van der Waals surface area contributed by atoms with Gasteiger partial charge in [0.05, 0.1) is 27.0 Å². The van der Waals surface area contributed by atoms with Crippen LogP contribution in [0.15, 0.2) is 47.6 Å². The minimum Gasteiger partial charge on any atom is -0.493 e. The molecule has 2 aromatic carbocycles. The van der Waals surface area contributed by atoms with Crippen LogP contribution in [0, 0.1) is 0 Å². The number of rotatable bonds is 9. The fourth-order valence-electron chi connectivity index (χ4n) is 2.41. The number of para-hydroxylation sites is 2. The minimum absolute atomic E-state index is 0.174. The molecule has 2 rings (SSSR count). The Labute approximate surface area is 158 Å². The zero-order valence-electron chi connectivity index (χ0n) is 15.9. The number of benzene rings is 2. The molecule has 7 nitrogen and oxygen atoms in total. The van der Waals surface area contributed by atoms with Crippen molar-refractivity contribution in [3.05, 3.63) is 48.0 Å². The molecule has 0 radical (unpaired) electrons. The van der Waals surface area contributed by atoms with E-state index < -0.39 is 0 Å². The predicted octanol–water partition coefficient (Wildman–Crippen LogP) is 3.02. The first-order chi connectivity index (χ1) is 13.1. The summed E-state index contributed by atoms with van der Waals surface area (Å²) in [6, 6.07) is 12.6. The SMILES string of the molecule is CC/C(=N/NC(=O)COc1ccccc1OC)c1ccc(OC)c(OC)c1. The van der Waals surface area contributed by atoms with Gasteiger partial charge in [-0.15, -0.1) is 0 Å². The highest BCUT2D eigenvalue weighted by atomic mass is 16.5. The summed E-state index contributed by atoms with van der Waals surface area (Å²) in [6.07, 6.45) is 0.628. The Bertz CT molecular complexity index is 805. The maximum atomic E-state index is 12.1. The fraction of sp³-hybridized carbons (Fsp3) is 0.300. The van der Waals surface area contributed by atoms with Gasteiger partial charge >= 0.3 is 0 Å². The van der Waals surface area contributed by atoms with Gasteiger partial charge in [0.25, 0.3) is 5.91 Å². The Hall–Kier alpha value is -3.22. The Morgan fingerprint density at radius 2 is 1.56 bits per heavy atom. The van der Waals surface area contributed by atoms with Gasteiger partial charge in [-0.3, -0.25) is 4.79 Å². The molecule has 0 spiro atoms. The third-order valence-corrected chi connectivity index (χ3v) is 3.80. The number of amides is 1. The number of hydrogen-bond acceptors (Lipinski definition) is 6. The largest absolute Gasteiger partial charge is 0.493 e. The molecule has 1 N–H and O–H groups in total. The molecule has 0 aliphatic carbocycles. The van der Waals surface area contributed by atoms with Crippen LogP contribution in [-0.2, 0) is 4.79 Å². The van der Waals surface area contributed by atoms with Gasteiger partial charge in [0.1, 0.15) is 0 Å². The van der Waals surface area contributed by atoms with Crippen molar-refractivity contribution in [1.29, 1.82) is 0 Å². The van der Waals surface area contributed by atoms with Crippen LogP contribution in [0.25, 0.3) is 0 Å². The van der Waals surface area contributed by atoms with Crippen LogP contribution in [-0.4, -0.2) is 39.6 Å². The summed E-state index contributed by atoms with van der Waals surface area (Å²) in [5.74, 6) is 1.92. The first kappa shape index (κ1) is 20.1. The molecule has 2 aromatic rings. The molecule has 0 heterocycles. The van der Waals surface area contributed by atoms with Crippen LogP contribution in [0.4, 0.5) is 0 Å². The first-order valence-corrected chi connectivity index (χ1v) is 8.46. The minimum atomic E-state index is -0.368. The molecule has 0 aliphatic rings. The quantitative estimate of drug-likeness (QED) is 0.541. The van der Waals surface area contributed by atoms with Crippen molar-refractivity contribution in [2.24, 2.45) is 5.10 Å². The molecule has 0 fully saturated rings. The molecule has 144 valence electrons. The maximum absolute atomic E-state index is 12.1. The molecule has 0 aromatic heterocycles. The van der Waals surface area contributed by atoms with E-state index in [1.807, 2.05) is 25.1 Å². The highest BCUT2D eigenvalue weighted by Crippen LogP contribution is 2.28. The van der Waals surface area contributed by atoms with Crippen LogP contribution in [0.5, 0.6) is 23.0 Å². The summed E-state index contributed by atoms with van der Waals surface area (Å²) in [5.41, 5.74) is 4.06. The summed E-state index contributed by atoms with van der Waals surface area (Å²) >= 11 is 0. The molecule has 0 aliphatic heterocycles. The van der Waals surface area contributed by atoms with Crippen molar-refractivity contribution in [2.45, 2.75) is 13.3 Å². The summed E-state index contributed by atoms with van der Waals surface area (Å²) in [4.78, 5) is 12.1. The molecular formula is C20H24N2O5. The van der Waals surface area contributed by atoms with Crippen LogP contribution < -0.4 is 24.4 Å². The highest BCUT2D eigenvalue weighted by molar-refractivity contribution is 6.01. The zero-order chi connectivity index (χ0) is 19.6. The van der Waals surface area contributed by atoms with Crippen LogP contribution in [0.3, 0.4) is 0 Å². The standard InChI is InChI=1S/C20H24N2O5/c1-5-15(14-10-11-17(25-3)19(12-14)26-4)21-22-20(23)13-27-18-9-7-6-8-16(18)24-2/h6-12H,5,13H2,1-4H3,(H,22,23)/b21-15-. The van der Waals surface area contributed by atoms with Crippen molar-refractivity contribution in [1.82, 2.24) is 5.43 Å². The van der Waals surface area contributed by atoms with Gasteiger partial charge in [0, 0.05) is 5.56 Å². The van der Waals surface area contributed by atoms with Crippen LogP contribution in [0.1, 0.15) is 18.9 Å². The summed E-state index contributed by atoms with van der Waals surface area (Å²) in [6.45, 7) is 1.78. The number of nitrogens with one attached hydrogen (secondary N) is 1. The summed E-state index contributed by atoms with van der Waals surface area (Å²) in [5, 5.41) is 4.21. The lowest BCUT2D eigenvalue weighted by molar-refractivity contribution is -0.123. The molecule has 0 bridgehead atoms. The predicted molar refractivity (Wildman–Crippen MR) is 103 cm³/mol. The van der Waals surface area contributed by atoms with Crippen molar-refractivity contribution in [3.8, 4) is 23.0 Å². The van der Waals surface area contributed by atoms with E-state index in [0.29, 0.717) is 35.1 Å². The van der Waals surface area contributed by atoms with Gasteiger partial charge in [0.2, 0.25) is 0 Å². The maximum Gasteiger partial charge on any atom is 0.277 e. The number of hydrogen-bond donors (Lipinski definition) is 1. The molecule has 0 saturated carbocycles. The van der Waals surface area contributed by atoms with E-state index in [0.717, 1.165) is 5.56 Å². The zero-order valence-corrected chi connectivity index (χ0v) is 15.9. The Morgan fingerprint density at radius 1 is 0.926 bits per heavy atom. The second kappa shape index (κ2) is 10.1. The lowest BCUT2D eigenvalue weighted by Crippen LogP contribution is -2.26. The van der Waals surface area contributed by atoms with Crippen molar-refractivity contribution in [3.63, 3.8) is 0 Å². The van der Waals surface area contributed by atoms with Gasteiger partial charge in [-0.1, -0.05) is 19.1 Å². The third kappa shape index (κ3) is 5.37. The van der Waals surface area contributed by atoms with E-state index in [2.05, 4.69) is 10.5 Å². The molecular weight excluding hydrogens is 348 g/mol. The molecule has 7 heteroatoms. The lowest BCUT2D eigenvalue weighted by Gasteiger charge is -2.11. The number of ether oxygens (including phenoxy) is 4. The molecule has 0 unspecified atom stereocenters. The lowest BCUT2D eigenvalue weighted by atomic mass is 10.1. The average Bonchev–Trinajstić information content (AvgIpc) is 2.72. The number of hydrazone groups is 1. The molecule has 0 saturated heterocycles. The summed E-state index contributed by atoms with van der Waals surface area (Å²) < 4.78 is 21.2. The van der Waals surface area contributed by atoms with E-state index in [9.17, 15) is 4.79 Å². The smallest absolute Gasteiger partial charge is 0.277 e. The first-order valence-electron chi connectivity index (χ1n) is 8.46. The normalized spacial score (nSPS) is 10.9. The van der Waals surface area contributed by atoms with Crippen LogP contribution in [0.2, 0.25) is 0 Å². The van der Waals surface area contributed by atoms with E-state index >= 15 is 0 Å². The Kier molecular flexibility index (Phi) is 7.49. The van der Waals surface area contributed by atoms with Gasteiger partial charge < -0.3 is 18.9 Å². The number of methoxy groups -OCH3 is 3. The topological polar surface area (TPSA) is 78.4 Å². The van der Waals surface area contributed by atoms with Crippen LogP contribution >= 0.6 is 0 Å². The van der Waals surface area contributed by atoms with Gasteiger partial charge in [-0.25, -0.2) is 5.43 Å². The van der Waals surface area contributed by atoms with E-state index in [4.69, 9.17) is 18.9 Å². The monoisotopic (exact) mass is 372 g/mol. The third-order valence-electron chi connectivity index (χ3n) is 3.80. The van der Waals surface area contributed by atoms with E-state index in [1.165, 1.54) is 0 Å². The van der Waals surface area contributed by atoms with Gasteiger partial charge in [-0.2, -0.15) is 5.10 Å². The second-order valence-corrected chi connectivity index (χ2v) is 5.46. The van der Waals surface area contributed by atoms with Crippen molar-refractivity contribution < 1.29 is 23.7 Å². The number of carbonyl (C=O) groups excluding carboxylic acids is 1. The number of nitrogens with zero attached hydrogens (tertiary/aromatic N) is 1. The Morgan fingerprint density at radius 3 is 2.19 bits per heavy atom. The van der Waals surface area contributed by atoms with Crippen molar-refractivity contribution >= 4 is 11.6 Å². The second-order valence-electron chi connectivity index (χ2n) is 5.46. The Balaban J connectivity index is 2.02. The van der Waals surface area contributed by atoms with Crippen molar-refractivity contribution in [2.75, 3.05) is 27.9 Å². The fourth-order valence-corrected chi connectivity index (χ4v) is 2.41. The molecule has 27 heavy (non-hydrogen) atoms. The highest BCUT2D eigenvalue weighted by Gasteiger charge is 2.10. The average molecular weight is 372 g/mol. The van der Waals surface area contributed by atoms with Gasteiger partial charge in [0.15, 0.2) is 29.6 Å². The van der Waals surface area contributed by atoms with E-state index in [1.54, 1.807) is 45.6 Å². The van der Waals surface area contributed by atoms with Gasteiger partial charge in [-0.05, 0) is 36.8 Å². The molecule has 0 atom stereocenters. The van der Waals surface area contributed by atoms with E-state index in [-0.39, 0.29) is 12.5 Å². The summed E-state index contributed by atoms with van der Waals surface area (Å²) in [7, 11) is 4.69. The number of carbonyl (C=O) groups is 1. The molecule has 1 amide bonds.